The minimum Gasteiger partial charge on any atom is -0.491 e. The maximum Gasteiger partial charge on any atom is 0.310 e. The molecule has 0 spiro atoms. The largest absolute Gasteiger partial charge is 0.491 e. The third-order valence-corrected chi connectivity index (χ3v) is 5.82. The lowest BCUT2D eigenvalue weighted by atomic mass is 10.1. The van der Waals surface area contributed by atoms with Gasteiger partial charge in [-0.05, 0) is 36.8 Å². The van der Waals surface area contributed by atoms with E-state index in [2.05, 4.69) is 0 Å². The molecule has 10 heteroatoms. The quantitative estimate of drug-likeness (QED) is 0.193. The molecule has 1 aliphatic heterocycles. The molecule has 0 saturated heterocycles. The fourth-order valence-corrected chi connectivity index (χ4v) is 3.97. The zero-order valence-electron chi connectivity index (χ0n) is 19.7. The number of para-hydroxylation sites is 2. The van der Waals surface area contributed by atoms with Crippen LogP contribution in [-0.2, 0) is 0 Å². The minimum absolute atomic E-state index is 0.0167. The molecule has 3 aromatic carbocycles. The second-order valence-electron chi connectivity index (χ2n) is 7.99. The maximum absolute atomic E-state index is 13.1. The van der Waals surface area contributed by atoms with E-state index in [9.17, 15) is 24.5 Å². The molecule has 0 fully saturated rings. The summed E-state index contributed by atoms with van der Waals surface area (Å²) in [6.45, 7) is 0.406. The van der Waals surface area contributed by atoms with E-state index in [0.29, 0.717) is 29.0 Å². The highest BCUT2D eigenvalue weighted by molar-refractivity contribution is 6.21. The molecule has 1 aliphatic rings. The van der Waals surface area contributed by atoms with Crippen molar-refractivity contribution in [1.29, 1.82) is 0 Å². The Balaban J connectivity index is 1.41. The van der Waals surface area contributed by atoms with Gasteiger partial charge in [0.1, 0.15) is 5.75 Å². The van der Waals surface area contributed by atoms with E-state index in [1.807, 2.05) is 0 Å². The van der Waals surface area contributed by atoms with Gasteiger partial charge in [-0.25, -0.2) is 0 Å². The summed E-state index contributed by atoms with van der Waals surface area (Å²) in [5.74, 6) is -0.633. The average molecular weight is 489 g/mol. The number of fused-ring (bicyclic) bond motifs is 1. The number of carbonyl (C=O) groups is 3. The van der Waals surface area contributed by atoms with Crippen molar-refractivity contribution in [2.45, 2.75) is 6.42 Å². The molecule has 3 amide bonds. The van der Waals surface area contributed by atoms with E-state index in [4.69, 9.17) is 9.47 Å². The van der Waals surface area contributed by atoms with Gasteiger partial charge < -0.3 is 14.4 Å². The van der Waals surface area contributed by atoms with Crippen molar-refractivity contribution in [2.75, 3.05) is 32.2 Å². The average Bonchev–Trinajstić information content (AvgIpc) is 3.14. The van der Waals surface area contributed by atoms with E-state index < -0.39 is 10.8 Å². The van der Waals surface area contributed by atoms with E-state index >= 15 is 0 Å². The molecule has 4 rings (SSSR count). The first-order valence-electron chi connectivity index (χ1n) is 11.1. The number of methoxy groups -OCH3 is 1. The maximum atomic E-state index is 13.1. The molecule has 3 aromatic rings. The van der Waals surface area contributed by atoms with Gasteiger partial charge in [-0.15, -0.1) is 0 Å². The van der Waals surface area contributed by atoms with Gasteiger partial charge in [-0.3, -0.25) is 29.4 Å². The summed E-state index contributed by atoms with van der Waals surface area (Å²) in [5.41, 5.74) is 1.26. The number of ether oxygens (including phenoxy) is 2. The van der Waals surface area contributed by atoms with Gasteiger partial charge in [0, 0.05) is 31.3 Å². The second-order valence-corrected chi connectivity index (χ2v) is 7.99. The van der Waals surface area contributed by atoms with Gasteiger partial charge >= 0.3 is 5.69 Å². The normalized spacial score (nSPS) is 12.3. The van der Waals surface area contributed by atoms with Crippen LogP contribution in [0.5, 0.6) is 11.5 Å². The third-order valence-electron chi connectivity index (χ3n) is 5.82. The fourth-order valence-electron chi connectivity index (χ4n) is 3.97. The van der Waals surface area contributed by atoms with Crippen LogP contribution < -0.4 is 14.4 Å². The Kier molecular flexibility index (Phi) is 6.95. The highest BCUT2D eigenvalue weighted by Crippen LogP contribution is 2.31. The van der Waals surface area contributed by atoms with Crippen molar-refractivity contribution in [3.63, 3.8) is 0 Å². The monoisotopic (exact) mass is 489 g/mol. The summed E-state index contributed by atoms with van der Waals surface area (Å²) in [4.78, 5) is 51.2. The van der Waals surface area contributed by atoms with Crippen LogP contribution in [0.15, 0.2) is 66.7 Å². The molecule has 1 heterocycles. The predicted molar refractivity (Wildman–Crippen MR) is 131 cm³/mol. The SMILES string of the molecule is COc1cc(C(=O)N(C)c2ccccc2OCCCN2C(=O)c3ccccc3C2=O)ccc1[N+](=O)[O-]. The number of amides is 3. The first-order chi connectivity index (χ1) is 17.3. The van der Waals surface area contributed by atoms with Crippen molar-refractivity contribution >= 4 is 29.1 Å². The summed E-state index contributed by atoms with van der Waals surface area (Å²) >= 11 is 0. The lowest BCUT2D eigenvalue weighted by Crippen LogP contribution is -2.31. The molecule has 0 unspecified atom stereocenters. The van der Waals surface area contributed by atoms with Crippen molar-refractivity contribution < 1.29 is 28.8 Å². The van der Waals surface area contributed by atoms with Crippen LogP contribution in [0.2, 0.25) is 0 Å². The third kappa shape index (κ3) is 4.61. The Labute approximate surface area is 206 Å². The Morgan fingerprint density at radius 2 is 1.61 bits per heavy atom. The van der Waals surface area contributed by atoms with Crippen LogP contribution >= 0.6 is 0 Å². The van der Waals surface area contributed by atoms with Gasteiger partial charge in [-0.1, -0.05) is 24.3 Å². The molecule has 0 N–H and O–H groups in total. The topological polar surface area (TPSA) is 119 Å². The Hall–Kier alpha value is -4.73. The number of imide groups is 1. The van der Waals surface area contributed by atoms with Crippen LogP contribution in [0.1, 0.15) is 37.5 Å². The van der Waals surface area contributed by atoms with Gasteiger partial charge in [0.25, 0.3) is 17.7 Å². The van der Waals surface area contributed by atoms with E-state index in [1.54, 1.807) is 55.6 Å². The van der Waals surface area contributed by atoms with Crippen molar-refractivity contribution in [2.24, 2.45) is 0 Å². The van der Waals surface area contributed by atoms with Crippen molar-refractivity contribution in [1.82, 2.24) is 4.90 Å². The molecular weight excluding hydrogens is 466 g/mol. The molecule has 0 radical (unpaired) electrons. The van der Waals surface area contributed by atoms with Crippen LogP contribution in [0.4, 0.5) is 11.4 Å². The lowest BCUT2D eigenvalue weighted by Gasteiger charge is -2.21. The minimum atomic E-state index is -0.581. The number of anilines is 1. The summed E-state index contributed by atoms with van der Waals surface area (Å²) < 4.78 is 11.0. The van der Waals surface area contributed by atoms with E-state index in [-0.39, 0.29) is 42.0 Å². The van der Waals surface area contributed by atoms with Gasteiger partial charge in [0.2, 0.25) is 0 Å². The Bertz CT molecular complexity index is 1320. The summed E-state index contributed by atoms with van der Waals surface area (Å²) in [7, 11) is 2.86. The van der Waals surface area contributed by atoms with E-state index in [0.717, 1.165) is 0 Å². The lowest BCUT2D eigenvalue weighted by molar-refractivity contribution is -0.385. The molecule has 0 saturated carbocycles. The van der Waals surface area contributed by atoms with Crippen LogP contribution in [0.25, 0.3) is 0 Å². The number of benzene rings is 3. The molecule has 0 atom stereocenters. The smallest absolute Gasteiger partial charge is 0.310 e. The summed E-state index contributed by atoms with van der Waals surface area (Å²) in [6.07, 6.45) is 0.400. The molecule has 0 aromatic heterocycles. The number of carbonyl (C=O) groups excluding carboxylic acids is 3. The fraction of sp³-hybridized carbons (Fsp3) is 0.192. The number of nitro groups is 1. The number of hydrogen-bond acceptors (Lipinski definition) is 7. The van der Waals surface area contributed by atoms with Crippen LogP contribution in [0, 0.1) is 10.1 Å². The number of hydrogen-bond donors (Lipinski definition) is 0. The number of nitro benzene ring substituents is 1. The second kappa shape index (κ2) is 10.3. The Morgan fingerprint density at radius 1 is 0.972 bits per heavy atom. The number of rotatable bonds is 9. The summed E-state index contributed by atoms with van der Waals surface area (Å²) in [5, 5.41) is 11.1. The molecule has 36 heavy (non-hydrogen) atoms. The zero-order chi connectivity index (χ0) is 25.8. The predicted octanol–water partition coefficient (Wildman–Crippen LogP) is 3.95. The zero-order valence-corrected chi connectivity index (χ0v) is 19.7. The van der Waals surface area contributed by atoms with Gasteiger partial charge in [-0.2, -0.15) is 0 Å². The molecule has 0 bridgehead atoms. The standard InChI is InChI=1S/C26H23N3O7/c1-27(24(30)17-12-13-21(29(33)34)23(16-17)35-2)20-10-5-6-11-22(20)36-15-7-14-28-25(31)18-8-3-4-9-19(18)26(28)32/h3-6,8-13,16H,7,14-15H2,1-2H3. The summed E-state index contributed by atoms with van der Waals surface area (Å²) in [6, 6.07) is 17.5. The van der Waals surface area contributed by atoms with Crippen LogP contribution in [-0.4, -0.2) is 54.9 Å². The highest BCUT2D eigenvalue weighted by Gasteiger charge is 2.34. The molecule has 10 nitrogen and oxygen atoms in total. The van der Waals surface area contributed by atoms with Crippen molar-refractivity contribution in [3.8, 4) is 11.5 Å². The molecule has 0 aliphatic carbocycles. The number of nitrogens with zero attached hydrogens (tertiary/aromatic N) is 3. The highest BCUT2D eigenvalue weighted by atomic mass is 16.6. The Morgan fingerprint density at radius 3 is 2.25 bits per heavy atom. The molecular formula is C26H23N3O7. The molecule has 184 valence electrons. The van der Waals surface area contributed by atoms with Crippen LogP contribution in [0.3, 0.4) is 0 Å². The first-order valence-corrected chi connectivity index (χ1v) is 11.1. The first kappa shape index (κ1) is 24.4. The van der Waals surface area contributed by atoms with E-state index in [1.165, 1.54) is 35.1 Å². The van der Waals surface area contributed by atoms with Gasteiger partial charge in [0.15, 0.2) is 5.75 Å². The van der Waals surface area contributed by atoms with Crippen molar-refractivity contribution in [3.05, 3.63) is 93.5 Å². The van der Waals surface area contributed by atoms with Gasteiger partial charge in [0.05, 0.1) is 35.5 Å².